The van der Waals surface area contributed by atoms with Gasteiger partial charge in [-0.05, 0) is 52.1 Å². The van der Waals surface area contributed by atoms with E-state index in [2.05, 4.69) is 33.9 Å². The lowest BCUT2D eigenvalue weighted by atomic mass is 9.90. The number of fused-ring (bicyclic) bond motifs is 1. The van der Waals surface area contributed by atoms with Gasteiger partial charge in [-0.3, -0.25) is 4.79 Å². The van der Waals surface area contributed by atoms with Gasteiger partial charge in [0.2, 0.25) is 0 Å². The molecule has 10 heteroatoms. The number of aromatic nitrogens is 2. The SMILES string of the molecule is CC1C(Cn2cnc3ccccc32)OC(c2cccc(-c3cccc(CNC(=O)C(Cl)(Cl)Cl)c3)c2)OC1c1ccc(CO)cc1. The molecule has 2 N–H and O–H groups in total. The number of carbonyl (C=O) groups excluding carboxylic acids is 1. The molecule has 4 atom stereocenters. The second-order valence-electron chi connectivity index (χ2n) is 11.2. The van der Waals surface area contributed by atoms with E-state index < -0.39 is 16.0 Å². The molecule has 1 amide bonds. The molecule has 0 saturated carbocycles. The molecule has 6 rings (SSSR count). The number of aliphatic hydroxyl groups excluding tert-OH is 1. The van der Waals surface area contributed by atoms with Gasteiger partial charge in [-0.15, -0.1) is 0 Å². The fraction of sp³-hybridized carbons (Fsp3) is 0.257. The molecule has 0 radical (unpaired) electrons. The molecule has 232 valence electrons. The first-order valence-electron chi connectivity index (χ1n) is 14.6. The van der Waals surface area contributed by atoms with E-state index >= 15 is 0 Å². The zero-order valence-electron chi connectivity index (χ0n) is 24.4. The number of alkyl halides is 3. The smallest absolute Gasteiger partial charge is 0.272 e. The van der Waals surface area contributed by atoms with E-state index in [1.54, 1.807) is 0 Å². The summed E-state index contributed by atoms with van der Waals surface area (Å²) in [7, 11) is 0. The zero-order valence-corrected chi connectivity index (χ0v) is 26.7. The number of nitrogens with zero attached hydrogens (tertiary/aromatic N) is 2. The van der Waals surface area contributed by atoms with Crippen LogP contribution in [0.2, 0.25) is 0 Å². The van der Waals surface area contributed by atoms with Gasteiger partial charge in [0.15, 0.2) is 6.29 Å². The minimum atomic E-state index is -2.02. The Morgan fingerprint density at radius 2 is 1.62 bits per heavy atom. The average molecular weight is 665 g/mol. The molecule has 7 nitrogen and oxygen atoms in total. The Hall–Kier alpha value is -3.43. The number of carbonyl (C=O) groups is 1. The van der Waals surface area contributed by atoms with Gasteiger partial charge in [0, 0.05) is 18.0 Å². The molecule has 2 heterocycles. The zero-order chi connectivity index (χ0) is 31.6. The molecule has 1 fully saturated rings. The van der Waals surface area contributed by atoms with Gasteiger partial charge in [0.1, 0.15) is 0 Å². The topological polar surface area (TPSA) is 85.6 Å². The van der Waals surface area contributed by atoms with Gasteiger partial charge in [-0.25, -0.2) is 4.98 Å². The van der Waals surface area contributed by atoms with Crippen LogP contribution >= 0.6 is 34.8 Å². The van der Waals surface area contributed by atoms with Gasteiger partial charge in [0.05, 0.1) is 42.7 Å². The third kappa shape index (κ3) is 7.20. The fourth-order valence-electron chi connectivity index (χ4n) is 5.69. The number of nitrogens with one attached hydrogen (secondary N) is 1. The van der Waals surface area contributed by atoms with Crippen molar-refractivity contribution < 1.29 is 19.4 Å². The fourth-order valence-corrected chi connectivity index (χ4v) is 5.89. The molecule has 0 spiro atoms. The van der Waals surface area contributed by atoms with Crippen molar-refractivity contribution in [1.29, 1.82) is 0 Å². The molecule has 4 unspecified atom stereocenters. The van der Waals surface area contributed by atoms with Gasteiger partial charge in [-0.1, -0.05) is 115 Å². The average Bonchev–Trinajstić information content (AvgIpc) is 3.47. The summed E-state index contributed by atoms with van der Waals surface area (Å²) < 4.78 is 13.5. The number of para-hydroxylation sites is 2. The number of hydrogen-bond donors (Lipinski definition) is 2. The first kappa shape index (κ1) is 31.5. The van der Waals surface area contributed by atoms with E-state index in [9.17, 15) is 9.90 Å². The van der Waals surface area contributed by atoms with Crippen LogP contribution in [0.15, 0.2) is 103 Å². The molecule has 4 aromatic carbocycles. The molecule has 1 aliphatic heterocycles. The molecular weight excluding hydrogens is 633 g/mol. The van der Waals surface area contributed by atoms with Crippen LogP contribution in [0.25, 0.3) is 22.2 Å². The standard InChI is InChI=1S/C35H32Cl3N3O4/c1-22-31(19-41-21-40-29-10-2-3-11-30(29)41)44-33(45-32(22)25-14-12-23(20-42)13-15-25)28-9-5-8-27(17-28)26-7-4-6-24(16-26)18-39-34(43)35(36,37)38/h2-17,21-22,31-33,42H,18-20H2,1H3,(H,39,43). The van der Waals surface area contributed by atoms with Crippen molar-refractivity contribution in [3.63, 3.8) is 0 Å². The summed E-state index contributed by atoms with van der Waals surface area (Å²) >= 11 is 17.1. The largest absolute Gasteiger partial charge is 0.392 e. The Kier molecular flexibility index (Phi) is 9.47. The monoisotopic (exact) mass is 663 g/mol. The van der Waals surface area contributed by atoms with E-state index in [1.165, 1.54) is 0 Å². The first-order valence-corrected chi connectivity index (χ1v) is 15.8. The Morgan fingerprint density at radius 3 is 2.38 bits per heavy atom. The maximum Gasteiger partial charge on any atom is 0.272 e. The third-order valence-corrected chi connectivity index (χ3v) is 8.67. The van der Waals surface area contributed by atoms with Crippen molar-refractivity contribution in [2.24, 2.45) is 5.92 Å². The van der Waals surface area contributed by atoms with Crippen LogP contribution in [0.5, 0.6) is 0 Å². The summed E-state index contributed by atoms with van der Waals surface area (Å²) in [5.41, 5.74) is 7.52. The quantitative estimate of drug-likeness (QED) is 0.166. The van der Waals surface area contributed by atoms with Crippen molar-refractivity contribution in [3.05, 3.63) is 126 Å². The molecule has 0 bridgehead atoms. The minimum absolute atomic E-state index is 0.0172. The van der Waals surface area contributed by atoms with Gasteiger partial charge < -0.3 is 24.5 Å². The highest BCUT2D eigenvalue weighted by molar-refractivity contribution is 6.76. The summed E-state index contributed by atoms with van der Waals surface area (Å²) in [6.07, 6.45) is 0.803. The van der Waals surface area contributed by atoms with Crippen LogP contribution in [0, 0.1) is 5.92 Å². The van der Waals surface area contributed by atoms with Crippen LogP contribution in [-0.2, 0) is 34.0 Å². The van der Waals surface area contributed by atoms with E-state index in [-0.39, 0.29) is 31.3 Å². The van der Waals surface area contributed by atoms with Crippen LogP contribution in [0.1, 0.15) is 41.6 Å². The highest BCUT2D eigenvalue weighted by atomic mass is 35.6. The summed E-state index contributed by atoms with van der Waals surface area (Å²) in [5.74, 6) is -0.662. The van der Waals surface area contributed by atoms with Gasteiger partial charge in [0.25, 0.3) is 9.70 Å². The molecule has 45 heavy (non-hydrogen) atoms. The number of halogens is 3. The molecule has 1 aliphatic rings. The van der Waals surface area contributed by atoms with Crippen LogP contribution in [-0.4, -0.2) is 30.5 Å². The summed E-state index contributed by atoms with van der Waals surface area (Å²) in [6, 6.07) is 31.8. The van der Waals surface area contributed by atoms with E-state index in [0.29, 0.717) is 6.54 Å². The predicted octanol–water partition coefficient (Wildman–Crippen LogP) is 7.67. The van der Waals surface area contributed by atoms with E-state index in [1.807, 2.05) is 91.3 Å². The van der Waals surface area contributed by atoms with Crippen LogP contribution < -0.4 is 5.32 Å². The number of benzene rings is 4. The van der Waals surface area contributed by atoms with Gasteiger partial charge >= 0.3 is 0 Å². The molecule has 1 saturated heterocycles. The number of amides is 1. The first-order chi connectivity index (χ1) is 21.7. The maximum absolute atomic E-state index is 12.0. The van der Waals surface area contributed by atoms with Crippen molar-refractivity contribution in [2.45, 2.75) is 48.9 Å². The van der Waals surface area contributed by atoms with Crippen molar-refractivity contribution >= 4 is 51.7 Å². The van der Waals surface area contributed by atoms with E-state index in [0.717, 1.165) is 44.4 Å². The van der Waals surface area contributed by atoms with Crippen LogP contribution in [0.4, 0.5) is 0 Å². The number of rotatable bonds is 8. The van der Waals surface area contributed by atoms with Gasteiger partial charge in [-0.2, -0.15) is 0 Å². The number of aliphatic hydroxyl groups is 1. The maximum atomic E-state index is 12.0. The Balaban J connectivity index is 1.28. The second-order valence-corrected chi connectivity index (χ2v) is 13.5. The lowest BCUT2D eigenvalue weighted by molar-refractivity contribution is -0.276. The molecular formula is C35H32Cl3N3O4. The Bertz CT molecular complexity index is 1790. The second kappa shape index (κ2) is 13.5. The Labute approximate surface area is 276 Å². The molecule has 5 aromatic rings. The lowest BCUT2D eigenvalue weighted by Crippen LogP contribution is -2.39. The number of imidazole rings is 1. The highest BCUT2D eigenvalue weighted by Crippen LogP contribution is 2.43. The Morgan fingerprint density at radius 1 is 0.889 bits per heavy atom. The summed E-state index contributed by atoms with van der Waals surface area (Å²) in [4.78, 5) is 16.6. The highest BCUT2D eigenvalue weighted by Gasteiger charge is 2.39. The van der Waals surface area contributed by atoms with Crippen molar-refractivity contribution in [2.75, 3.05) is 0 Å². The van der Waals surface area contributed by atoms with Crippen LogP contribution in [0.3, 0.4) is 0 Å². The lowest BCUT2D eigenvalue weighted by Gasteiger charge is -2.41. The third-order valence-electron chi connectivity index (χ3n) is 8.16. The van der Waals surface area contributed by atoms with Crippen molar-refractivity contribution in [1.82, 2.24) is 14.9 Å². The van der Waals surface area contributed by atoms with E-state index in [4.69, 9.17) is 44.3 Å². The minimum Gasteiger partial charge on any atom is -0.392 e. The van der Waals surface area contributed by atoms with Crippen molar-refractivity contribution in [3.8, 4) is 11.1 Å². The normalized spacial score (nSPS) is 20.3. The number of ether oxygens (including phenoxy) is 2. The number of hydrogen-bond acceptors (Lipinski definition) is 5. The predicted molar refractivity (Wildman–Crippen MR) is 177 cm³/mol. The molecule has 0 aliphatic carbocycles. The molecule has 1 aromatic heterocycles. The summed E-state index contributed by atoms with van der Waals surface area (Å²) in [6.45, 7) is 2.95. The summed E-state index contributed by atoms with van der Waals surface area (Å²) in [5, 5.41) is 12.2.